The second-order valence-corrected chi connectivity index (χ2v) is 14.0. The average molecular weight is 628 g/mol. The number of rotatable bonds is 24. The van der Waals surface area contributed by atoms with Gasteiger partial charge in [-0.15, -0.1) is 0 Å². The van der Waals surface area contributed by atoms with E-state index in [2.05, 4.69) is 27.7 Å². The van der Waals surface area contributed by atoms with Crippen molar-refractivity contribution in [1.29, 1.82) is 0 Å². The van der Waals surface area contributed by atoms with E-state index in [1.165, 1.54) is 51.4 Å². The topological polar surface area (TPSA) is 83.0 Å². The van der Waals surface area contributed by atoms with Crippen molar-refractivity contribution in [3.63, 3.8) is 0 Å². The van der Waals surface area contributed by atoms with E-state index >= 15 is 0 Å². The van der Waals surface area contributed by atoms with Crippen LogP contribution in [-0.2, 0) is 61.2 Å². The molecule has 0 atom stereocenters. The Bertz CT molecular complexity index is 438. The maximum Gasteiger partial charge on any atom is 2.00 e. The Morgan fingerprint density at radius 2 is 0.629 bits per heavy atom. The Labute approximate surface area is 240 Å². The minimum Gasteiger partial charge on any atom is -0.780 e. The molecule has 35 heavy (non-hydrogen) atoms. The smallest absolute Gasteiger partial charge is 0.780 e. The van der Waals surface area contributed by atoms with E-state index in [0.29, 0.717) is 26.4 Å². The van der Waals surface area contributed by atoms with Gasteiger partial charge in [-0.25, -0.2) is 0 Å². The van der Waals surface area contributed by atoms with Gasteiger partial charge in [-0.2, -0.15) is 0 Å². The molecule has 0 aromatic rings. The van der Waals surface area contributed by atoms with Crippen molar-refractivity contribution in [2.75, 3.05) is 26.4 Å². The molecular formula is C24H52O6P2S2Zn. The minimum atomic E-state index is -3.21. The fourth-order valence-electron chi connectivity index (χ4n) is 2.90. The first kappa shape index (κ1) is 41.2. The summed E-state index contributed by atoms with van der Waals surface area (Å²) in [6.07, 6.45) is 17.5. The zero-order valence-corrected chi connectivity index (χ0v) is 29.4. The summed E-state index contributed by atoms with van der Waals surface area (Å²) in [7, 11) is 0. The van der Waals surface area contributed by atoms with E-state index in [0.717, 1.165) is 51.4 Å². The molecule has 0 unspecified atom stereocenters. The van der Waals surface area contributed by atoms with Gasteiger partial charge in [0.25, 0.3) is 0 Å². The third-order valence-electron chi connectivity index (χ3n) is 4.99. The molecule has 0 bridgehead atoms. The van der Waals surface area contributed by atoms with Gasteiger partial charge in [0.2, 0.25) is 0 Å². The number of unbranched alkanes of at least 4 members (excludes halogenated alkanes) is 12. The van der Waals surface area contributed by atoms with Crippen molar-refractivity contribution < 1.29 is 47.4 Å². The second-order valence-electron chi connectivity index (χ2n) is 8.47. The normalized spacial score (nSPS) is 11.6. The number of hydrogen-bond donors (Lipinski definition) is 0. The fourth-order valence-corrected chi connectivity index (χ4v) is 5.35. The van der Waals surface area contributed by atoms with Crippen LogP contribution in [0.4, 0.5) is 0 Å². The number of hydrogen-bond acceptors (Lipinski definition) is 8. The van der Waals surface area contributed by atoms with Gasteiger partial charge < -0.3 is 27.9 Å². The molecule has 0 aromatic carbocycles. The van der Waals surface area contributed by atoms with Crippen LogP contribution >= 0.6 is 13.4 Å². The molecule has 0 heterocycles. The first-order valence-electron chi connectivity index (χ1n) is 13.4. The van der Waals surface area contributed by atoms with E-state index in [1.54, 1.807) is 0 Å². The van der Waals surface area contributed by atoms with Gasteiger partial charge in [0.05, 0.1) is 26.4 Å². The van der Waals surface area contributed by atoms with Crippen molar-refractivity contribution in [2.24, 2.45) is 0 Å². The molecule has 0 aromatic heterocycles. The summed E-state index contributed by atoms with van der Waals surface area (Å²) in [4.78, 5) is 23.3. The van der Waals surface area contributed by atoms with Crippen LogP contribution in [0.25, 0.3) is 0 Å². The Hall–Kier alpha value is 1.68. The van der Waals surface area contributed by atoms with Gasteiger partial charge in [-0.05, 0) is 25.7 Å². The minimum absolute atomic E-state index is 0. The van der Waals surface area contributed by atoms with Crippen LogP contribution in [0.5, 0.6) is 0 Å². The van der Waals surface area contributed by atoms with Crippen LogP contribution in [-0.4, -0.2) is 26.4 Å². The standard InChI is InChI=1S/2C12H27O3PS.Zn/c2*1-3-5-7-9-11-14-16(13,17)15-12-10-8-6-4-2;/h2*3-12H2,1-2H3,(H,13,17);/q;;+2/p-2. The van der Waals surface area contributed by atoms with Gasteiger partial charge in [0.15, 0.2) is 0 Å². The SMILES string of the molecule is CCCCCCOP([O-])(=S)OCCCCCC.CCCCCCOP([O-])(=S)OCCCCCC.[Zn+2]. The Morgan fingerprint density at radius 3 is 0.800 bits per heavy atom. The molecule has 0 fully saturated rings. The summed E-state index contributed by atoms with van der Waals surface area (Å²) < 4.78 is 20.5. The van der Waals surface area contributed by atoms with Gasteiger partial charge in [-0.1, -0.05) is 128 Å². The molecule has 0 rings (SSSR count). The largest absolute Gasteiger partial charge is 2.00 e. The fraction of sp³-hybridized carbons (Fsp3) is 1.00. The molecule has 0 N–H and O–H groups in total. The maximum atomic E-state index is 11.6. The molecular weight excluding hydrogens is 576 g/mol. The molecule has 0 aliphatic rings. The molecule has 6 nitrogen and oxygen atoms in total. The molecule has 0 aliphatic carbocycles. The van der Waals surface area contributed by atoms with Gasteiger partial charge in [0.1, 0.15) is 13.4 Å². The molecule has 0 saturated heterocycles. The van der Waals surface area contributed by atoms with Crippen LogP contribution in [0, 0.1) is 0 Å². The molecule has 0 amide bonds. The predicted molar refractivity (Wildman–Crippen MR) is 149 cm³/mol. The zero-order valence-electron chi connectivity index (χ0n) is 23.0. The summed E-state index contributed by atoms with van der Waals surface area (Å²) in [6.45, 7) is 4.01. The van der Waals surface area contributed by atoms with Crippen molar-refractivity contribution in [2.45, 2.75) is 130 Å². The quantitative estimate of drug-likeness (QED) is 0.0617. The summed E-state index contributed by atoms with van der Waals surface area (Å²) >= 11 is 9.62. The van der Waals surface area contributed by atoms with Crippen molar-refractivity contribution in [3.05, 3.63) is 0 Å². The molecule has 11 heteroatoms. The van der Waals surface area contributed by atoms with Crippen LogP contribution in [0.2, 0.25) is 0 Å². The maximum absolute atomic E-state index is 11.6. The summed E-state index contributed by atoms with van der Waals surface area (Å²) in [5, 5.41) is 0. The Morgan fingerprint density at radius 1 is 0.429 bits per heavy atom. The Balaban J connectivity index is -0.000000569. The predicted octanol–water partition coefficient (Wildman–Crippen LogP) is 7.53. The van der Waals surface area contributed by atoms with Gasteiger partial charge >= 0.3 is 19.5 Å². The average Bonchev–Trinajstić information content (AvgIpc) is 2.79. The van der Waals surface area contributed by atoms with Crippen LogP contribution in [0.3, 0.4) is 0 Å². The van der Waals surface area contributed by atoms with Crippen molar-refractivity contribution in [1.82, 2.24) is 0 Å². The van der Waals surface area contributed by atoms with E-state index < -0.39 is 13.4 Å². The molecule has 0 spiro atoms. The summed E-state index contributed by atoms with van der Waals surface area (Å²) in [6, 6.07) is 0. The van der Waals surface area contributed by atoms with Crippen LogP contribution < -0.4 is 9.79 Å². The van der Waals surface area contributed by atoms with Gasteiger partial charge in [-0.3, -0.25) is 0 Å². The van der Waals surface area contributed by atoms with E-state index in [-0.39, 0.29) is 19.5 Å². The molecule has 0 radical (unpaired) electrons. The third kappa shape index (κ3) is 35.7. The van der Waals surface area contributed by atoms with E-state index in [9.17, 15) is 9.79 Å². The second kappa shape index (κ2) is 30.2. The van der Waals surface area contributed by atoms with E-state index in [1.807, 2.05) is 0 Å². The molecule has 0 aliphatic heterocycles. The zero-order chi connectivity index (χ0) is 26.0. The van der Waals surface area contributed by atoms with Crippen LogP contribution in [0.15, 0.2) is 0 Å². The van der Waals surface area contributed by atoms with Crippen molar-refractivity contribution in [3.8, 4) is 0 Å². The van der Waals surface area contributed by atoms with E-state index in [4.69, 9.17) is 41.7 Å². The first-order valence-corrected chi connectivity index (χ1v) is 18.6. The van der Waals surface area contributed by atoms with Gasteiger partial charge in [0, 0.05) is 0 Å². The molecule has 0 saturated carbocycles. The summed E-state index contributed by atoms with van der Waals surface area (Å²) in [5.74, 6) is 0. The van der Waals surface area contributed by atoms with Crippen LogP contribution in [0.1, 0.15) is 130 Å². The first-order chi connectivity index (χ1) is 16.2. The monoisotopic (exact) mass is 626 g/mol. The summed E-state index contributed by atoms with van der Waals surface area (Å²) in [5.41, 5.74) is 0. The Kier molecular flexibility index (Phi) is 35.6. The molecule has 208 valence electrons. The van der Waals surface area contributed by atoms with Crippen molar-refractivity contribution >= 4 is 37.1 Å². The third-order valence-corrected chi connectivity index (χ3v) is 8.25.